The summed E-state index contributed by atoms with van der Waals surface area (Å²) in [6.45, 7) is 6.62. The van der Waals surface area contributed by atoms with Crippen molar-refractivity contribution in [3.05, 3.63) is 84.2 Å². The normalized spacial score (nSPS) is 11.7. The molecule has 24 heavy (non-hydrogen) atoms. The highest BCUT2D eigenvalue weighted by Gasteiger charge is 2.20. The predicted molar refractivity (Wildman–Crippen MR) is 102 cm³/mol. The molecule has 0 fully saturated rings. The number of imidazole rings is 1. The topological polar surface area (TPSA) is 17.8 Å². The summed E-state index contributed by atoms with van der Waals surface area (Å²) < 4.78 is 2.24. The summed E-state index contributed by atoms with van der Waals surface area (Å²) in [6, 6.07) is 21.4. The Morgan fingerprint density at radius 3 is 1.96 bits per heavy atom. The first kappa shape index (κ1) is 16.6. The van der Waals surface area contributed by atoms with Gasteiger partial charge in [-0.15, -0.1) is 0 Å². The Morgan fingerprint density at radius 1 is 0.917 bits per heavy atom. The lowest BCUT2D eigenvalue weighted by Crippen LogP contribution is -2.36. The van der Waals surface area contributed by atoms with Gasteiger partial charge in [-0.25, -0.2) is 0 Å². The van der Waals surface area contributed by atoms with Gasteiger partial charge < -0.3 is 4.57 Å². The van der Waals surface area contributed by atoms with Crippen LogP contribution in [0.1, 0.15) is 37.8 Å². The molecule has 0 saturated heterocycles. The summed E-state index contributed by atoms with van der Waals surface area (Å²) in [4.78, 5) is 4.55. The number of aromatic nitrogens is 2. The molecule has 0 saturated carbocycles. The highest BCUT2D eigenvalue weighted by molar-refractivity contribution is 6.51. The number of hydrogen-bond donors (Lipinski definition) is 0. The Kier molecular flexibility index (Phi) is 4.89. The molecule has 0 amide bonds. The van der Waals surface area contributed by atoms with Gasteiger partial charge in [0.15, 0.2) is 0 Å². The fourth-order valence-electron chi connectivity index (χ4n) is 3.09. The molecule has 3 heteroatoms. The zero-order chi connectivity index (χ0) is 17.0. The molecule has 2 aromatic carbocycles. The molecule has 0 aliphatic carbocycles. The lowest BCUT2D eigenvalue weighted by molar-refractivity contribution is 0.406. The van der Waals surface area contributed by atoms with Gasteiger partial charge in [0.1, 0.15) is 0 Å². The summed E-state index contributed by atoms with van der Waals surface area (Å²) in [5.74, 6) is 0.345. The van der Waals surface area contributed by atoms with Gasteiger partial charge in [0, 0.05) is 23.9 Å². The fourth-order valence-corrected chi connectivity index (χ4v) is 3.09. The first-order chi connectivity index (χ1) is 11.6. The molecule has 2 nitrogen and oxygen atoms in total. The molecular formula is C21H24BN2. The SMILES string of the molecule is CC(C)(C)n1ccnc1[B]CC(c1ccccc1)c1ccccc1. The van der Waals surface area contributed by atoms with Crippen molar-refractivity contribution in [2.75, 3.05) is 0 Å². The van der Waals surface area contributed by atoms with Crippen molar-refractivity contribution in [3.63, 3.8) is 0 Å². The predicted octanol–water partition coefficient (Wildman–Crippen LogP) is 4.22. The lowest BCUT2D eigenvalue weighted by Gasteiger charge is -2.24. The van der Waals surface area contributed by atoms with Gasteiger partial charge in [-0.05, 0) is 31.9 Å². The monoisotopic (exact) mass is 315 g/mol. The third-order valence-corrected chi connectivity index (χ3v) is 4.33. The maximum Gasteiger partial charge on any atom is 0.202 e. The summed E-state index contributed by atoms with van der Waals surface area (Å²) in [6.07, 6.45) is 4.88. The lowest BCUT2D eigenvalue weighted by atomic mass is 9.65. The molecule has 121 valence electrons. The van der Waals surface area contributed by atoms with E-state index >= 15 is 0 Å². The van der Waals surface area contributed by atoms with E-state index in [1.165, 1.54) is 11.1 Å². The van der Waals surface area contributed by atoms with E-state index in [4.69, 9.17) is 0 Å². The molecular weight excluding hydrogens is 291 g/mol. The van der Waals surface area contributed by atoms with Crippen LogP contribution in [0.25, 0.3) is 0 Å². The quantitative estimate of drug-likeness (QED) is 0.645. The third-order valence-electron chi connectivity index (χ3n) is 4.33. The average molecular weight is 315 g/mol. The first-order valence-electron chi connectivity index (χ1n) is 8.52. The summed E-state index contributed by atoms with van der Waals surface area (Å²) in [7, 11) is 2.26. The average Bonchev–Trinajstić information content (AvgIpc) is 3.06. The van der Waals surface area contributed by atoms with E-state index in [0.29, 0.717) is 5.92 Å². The molecule has 3 rings (SSSR count). The number of hydrogen-bond acceptors (Lipinski definition) is 1. The molecule has 1 radical (unpaired) electrons. The molecule has 0 atom stereocenters. The molecule has 0 spiro atoms. The zero-order valence-corrected chi connectivity index (χ0v) is 14.7. The molecule has 3 aromatic rings. The summed E-state index contributed by atoms with van der Waals surface area (Å²) in [5.41, 5.74) is 3.76. The van der Waals surface area contributed by atoms with Gasteiger partial charge >= 0.3 is 0 Å². The van der Waals surface area contributed by atoms with Crippen LogP contribution < -0.4 is 5.72 Å². The van der Waals surface area contributed by atoms with Gasteiger partial charge in [-0.2, -0.15) is 0 Å². The number of nitrogens with zero attached hydrogens (tertiary/aromatic N) is 2. The van der Waals surface area contributed by atoms with E-state index in [9.17, 15) is 0 Å². The maximum absolute atomic E-state index is 4.55. The van der Waals surface area contributed by atoms with Crippen molar-refractivity contribution in [1.29, 1.82) is 0 Å². The van der Waals surface area contributed by atoms with Crippen molar-refractivity contribution in [2.24, 2.45) is 0 Å². The number of rotatable bonds is 5. The third kappa shape index (κ3) is 3.78. The summed E-state index contributed by atoms with van der Waals surface area (Å²) >= 11 is 0. The van der Waals surface area contributed by atoms with Crippen molar-refractivity contribution in [2.45, 2.75) is 38.5 Å². The van der Waals surface area contributed by atoms with Crippen molar-refractivity contribution >= 4 is 13.0 Å². The van der Waals surface area contributed by atoms with E-state index in [-0.39, 0.29) is 5.54 Å². The molecule has 0 aliphatic heterocycles. The van der Waals surface area contributed by atoms with Gasteiger partial charge in [-0.1, -0.05) is 67.0 Å². The van der Waals surface area contributed by atoms with Crippen molar-refractivity contribution in [3.8, 4) is 0 Å². The van der Waals surface area contributed by atoms with Gasteiger partial charge in [0.05, 0.1) is 5.72 Å². The van der Waals surface area contributed by atoms with E-state index in [1.807, 2.05) is 6.20 Å². The minimum Gasteiger partial charge on any atom is -0.338 e. The molecule has 0 N–H and O–H groups in total. The van der Waals surface area contributed by atoms with Crippen molar-refractivity contribution < 1.29 is 0 Å². The maximum atomic E-state index is 4.55. The second-order valence-electron chi connectivity index (χ2n) is 7.14. The Labute approximate surface area is 145 Å². The van der Waals surface area contributed by atoms with E-state index in [2.05, 4.69) is 104 Å². The van der Waals surface area contributed by atoms with E-state index in [0.717, 1.165) is 12.0 Å². The van der Waals surface area contributed by atoms with Gasteiger partial charge in [0.2, 0.25) is 7.28 Å². The van der Waals surface area contributed by atoms with Crippen LogP contribution in [0.5, 0.6) is 0 Å². The second-order valence-corrected chi connectivity index (χ2v) is 7.14. The minimum absolute atomic E-state index is 0.0390. The van der Waals surface area contributed by atoms with Crippen LogP contribution in [0.2, 0.25) is 6.32 Å². The van der Waals surface area contributed by atoms with Crippen LogP contribution in [0.15, 0.2) is 73.1 Å². The Balaban J connectivity index is 1.85. The second kappa shape index (κ2) is 7.08. The van der Waals surface area contributed by atoms with Crippen LogP contribution in [-0.4, -0.2) is 16.8 Å². The zero-order valence-electron chi connectivity index (χ0n) is 14.7. The minimum atomic E-state index is 0.0390. The van der Waals surface area contributed by atoms with Gasteiger partial charge in [-0.3, -0.25) is 4.98 Å². The fraction of sp³-hybridized carbons (Fsp3) is 0.286. The van der Waals surface area contributed by atoms with Crippen LogP contribution >= 0.6 is 0 Å². The largest absolute Gasteiger partial charge is 0.338 e. The van der Waals surface area contributed by atoms with Gasteiger partial charge in [0.25, 0.3) is 0 Å². The molecule has 1 aromatic heterocycles. The Morgan fingerprint density at radius 2 is 1.46 bits per heavy atom. The first-order valence-corrected chi connectivity index (χ1v) is 8.52. The highest BCUT2D eigenvalue weighted by Crippen LogP contribution is 2.28. The smallest absolute Gasteiger partial charge is 0.202 e. The molecule has 0 unspecified atom stereocenters. The van der Waals surface area contributed by atoms with Crippen LogP contribution in [0.3, 0.4) is 0 Å². The van der Waals surface area contributed by atoms with Crippen LogP contribution in [0.4, 0.5) is 0 Å². The molecule has 0 aliphatic rings. The Hall–Kier alpha value is -2.29. The van der Waals surface area contributed by atoms with E-state index < -0.39 is 0 Å². The van der Waals surface area contributed by atoms with Crippen molar-refractivity contribution in [1.82, 2.24) is 9.55 Å². The molecule has 0 bridgehead atoms. The Bertz CT molecular complexity index is 718. The molecule has 1 heterocycles. The standard InChI is InChI=1S/C21H24BN2/c1-21(2,3)24-15-14-23-20(24)22-16-19(17-10-6-4-7-11-17)18-12-8-5-9-13-18/h4-15,19H,16H2,1-3H3. The number of benzene rings is 2. The van der Waals surface area contributed by atoms with Crippen LogP contribution in [-0.2, 0) is 5.54 Å². The van der Waals surface area contributed by atoms with Crippen LogP contribution in [0, 0.1) is 0 Å². The van der Waals surface area contributed by atoms with E-state index in [1.54, 1.807) is 0 Å². The summed E-state index contributed by atoms with van der Waals surface area (Å²) in [5, 5.41) is 0. The highest BCUT2D eigenvalue weighted by atomic mass is 15.1.